The Morgan fingerprint density at radius 2 is 1.35 bits per heavy atom. The lowest BCUT2D eigenvalue weighted by molar-refractivity contribution is -0.124. The normalized spacial score (nSPS) is 14.0. The lowest BCUT2D eigenvalue weighted by Gasteiger charge is -2.22. The highest BCUT2D eigenvalue weighted by atomic mass is 16.3. The van der Waals surface area contributed by atoms with Crippen LogP contribution in [0.4, 0.5) is 0 Å². The fourth-order valence-corrected chi connectivity index (χ4v) is 3.66. The summed E-state index contributed by atoms with van der Waals surface area (Å²) in [6.45, 7) is 4.42. The van der Waals surface area contributed by atoms with Gasteiger partial charge in [0.05, 0.1) is 0 Å². The molecule has 2 unspecified atom stereocenters. The zero-order valence-corrected chi connectivity index (χ0v) is 17.6. The van der Waals surface area contributed by atoms with Gasteiger partial charge in [-0.25, -0.2) is 0 Å². The monoisotopic (exact) mass is 367 g/mol. The van der Waals surface area contributed by atoms with E-state index in [2.05, 4.69) is 26.0 Å². The summed E-state index contributed by atoms with van der Waals surface area (Å²) >= 11 is 0. The molecule has 0 fully saturated rings. The number of carbonyl (C=O) groups excluding carboxylic acids is 1. The Bertz CT molecular complexity index is 341. The number of aliphatic hydroxyl groups excluding tert-OH is 1. The third-order valence-corrected chi connectivity index (χ3v) is 5.36. The average molecular weight is 368 g/mol. The summed E-state index contributed by atoms with van der Waals surface area (Å²) in [6, 6.07) is 0. The maximum atomic E-state index is 11.6. The van der Waals surface area contributed by atoms with Gasteiger partial charge < -0.3 is 10.8 Å². The number of hydrogen-bond acceptors (Lipinski definition) is 2. The van der Waals surface area contributed by atoms with Crippen molar-refractivity contribution in [3.8, 4) is 0 Å². The molecule has 3 N–H and O–H groups in total. The number of nitrogens with two attached hydrogens (primary N) is 1. The average Bonchev–Trinajstić information content (AvgIpc) is 2.63. The maximum absolute atomic E-state index is 11.6. The van der Waals surface area contributed by atoms with Crippen molar-refractivity contribution in [2.45, 2.75) is 110 Å². The minimum Gasteiger partial charge on any atom is -0.396 e. The molecular formula is C23H45NO2. The van der Waals surface area contributed by atoms with Crippen LogP contribution < -0.4 is 5.73 Å². The molecule has 0 saturated carbocycles. The van der Waals surface area contributed by atoms with Gasteiger partial charge in [0.2, 0.25) is 5.91 Å². The van der Waals surface area contributed by atoms with Gasteiger partial charge in [-0.05, 0) is 44.4 Å². The fourth-order valence-electron chi connectivity index (χ4n) is 3.66. The van der Waals surface area contributed by atoms with Gasteiger partial charge in [0, 0.05) is 12.5 Å². The number of unbranched alkanes of at least 4 members (excludes halogenated alkanes) is 10. The van der Waals surface area contributed by atoms with Crippen molar-refractivity contribution in [2.75, 3.05) is 6.61 Å². The van der Waals surface area contributed by atoms with Crippen LogP contribution in [0.25, 0.3) is 0 Å². The summed E-state index contributed by atoms with van der Waals surface area (Å²) in [5.74, 6) is -0.352. The second-order valence-electron chi connectivity index (χ2n) is 7.76. The van der Waals surface area contributed by atoms with Crippen LogP contribution in [0.15, 0.2) is 12.2 Å². The molecule has 26 heavy (non-hydrogen) atoms. The summed E-state index contributed by atoms with van der Waals surface area (Å²) in [7, 11) is 0. The summed E-state index contributed by atoms with van der Waals surface area (Å²) in [6.07, 6.45) is 22.6. The van der Waals surface area contributed by atoms with Crippen LogP contribution in [-0.4, -0.2) is 17.6 Å². The van der Waals surface area contributed by atoms with Crippen molar-refractivity contribution in [1.29, 1.82) is 0 Å². The number of allylic oxidation sites excluding steroid dienone is 2. The van der Waals surface area contributed by atoms with E-state index in [9.17, 15) is 9.90 Å². The molecule has 0 aliphatic carbocycles. The van der Waals surface area contributed by atoms with Gasteiger partial charge in [0.1, 0.15) is 0 Å². The Hall–Kier alpha value is -0.830. The zero-order valence-electron chi connectivity index (χ0n) is 17.6. The van der Waals surface area contributed by atoms with E-state index in [1.165, 1.54) is 64.2 Å². The molecule has 154 valence electrons. The summed E-state index contributed by atoms with van der Waals surface area (Å²) in [5, 5.41) is 9.48. The smallest absolute Gasteiger partial charge is 0.220 e. The van der Waals surface area contributed by atoms with Crippen LogP contribution in [0, 0.1) is 11.8 Å². The van der Waals surface area contributed by atoms with Gasteiger partial charge >= 0.3 is 0 Å². The van der Waals surface area contributed by atoms with Crippen LogP contribution in [-0.2, 0) is 4.79 Å². The summed E-state index contributed by atoms with van der Waals surface area (Å²) in [5.41, 5.74) is 5.54. The van der Waals surface area contributed by atoms with E-state index in [4.69, 9.17) is 5.73 Å². The van der Waals surface area contributed by atoms with E-state index in [1.807, 2.05) is 0 Å². The number of aliphatic hydroxyl groups is 1. The van der Waals surface area contributed by atoms with Crippen molar-refractivity contribution in [3.05, 3.63) is 12.2 Å². The highest BCUT2D eigenvalue weighted by Gasteiger charge is 2.24. The second kappa shape index (κ2) is 18.9. The van der Waals surface area contributed by atoms with Crippen molar-refractivity contribution in [1.82, 2.24) is 0 Å². The van der Waals surface area contributed by atoms with Gasteiger partial charge in [0.15, 0.2) is 0 Å². The number of amides is 1. The topological polar surface area (TPSA) is 63.3 Å². The minimum atomic E-state index is -0.241. The van der Waals surface area contributed by atoms with E-state index >= 15 is 0 Å². The molecule has 0 aromatic carbocycles. The highest BCUT2D eigenvalue weighted by molar-refractivity contribution is 5.76. The van der Waals surface area contributed by atoms with E-state index in [0.717, 1.165) is 32.1 Å². The first-order valence-corrected chi connectivity index (χ1v) is 11.2. The molecule has 0 heterocycles. The Kier molecular flexibility index (Phi) is 18.3. The molecule has 0 rings (SSSR count). The van der Waals surface area contributed by atoms with E-state index in [-0.39, 0.29) is 24.3 Å². The van der Waals surface area contributed by atoms with Gasteiger partial charge in [-0.3, -0.25) is 4.79 Å². The third kappa shape index (κ3) is 14.4. The molecule has 0 aromatic rings. The third-order valence-electron chi connectivity index (χ3n) is 5.36. The van der Waals surface area contributed by atoms with Crippen LogP contribution in [0.3, 0.4) is 0 Å². The predicted octanol–water partition coefficient (Wildman–Crippen LogP) is 6.14. The Morgan fingerprint density at radius 1 is 0.808 bits per heavy atom. The molecule has 1 amide bonds. The van der Waals surface area contributed by atoms with E-state index in [0.29, 0.717) is 0 Å². The van der Waals surface area contributed by atoms with Crippen LogP contribution in [0.2, 0.25) is 0 Å². The zero-order chi connectivity index (χ0) is 19.5. The number of carbonyl (C=O) groups is 1. The van der Waals surface area contributed by atoms with Gasteiger partial charge in [0.25, 0.3) is 0 Å². The molecule has 3 heteroatoms. The number of primary amides is 1. The maximum Gasteiger partial charge on any atom is 0.220 e. The van der Waals surface area contributed by atoms with Crippen molar-refractivity contribution in [3.63, 3.8) is 0 Å². The molecule has 0 saturated heterocycles. The second-order valence-corrected chi connectivity index (χ2v) is 7.76. The predicted molar refractivity (Wildman–Crippen MR) is 113 cm³/mol. The first-order chi connectivity index (χ1) is 12.7. The SMILES string of the molecule is CCCCCCCC/C=C/CCCCCCC(C(N)=O)C(CO)CCC. The lowest BCUT2D eigenvalue weighted by Crippen LogP contribution is -2.32. The van der Waals surface area contributed by atoms with Gasteiger partial charge in [-0.2, -0.15) is 0 Å². The number of rotatable bonds is 19. The summed E-state index contributed by atoms with van der Waals surface area (Å²) in [4.78, 5) is 11.6. The number of hydrogen-bond donors (Lipinski definition) is 2. The molecule has 0 aromatic heterocycles. The molecule has 3 nitrogen and oxygen atoms in total. The van der Waals surface area contributed by atoms with Crippen molar-refractivity contribution in [2.24, 2.45) is 17.6 Å². The summed E-state index contributed by atoms with van der Waals surface area (Å²) < 4.78 is 0. The lowest BCUT2D eigenvalue weighted by atomic mass is 9.84. The van der Waals surface area contributed by atoms with Crippen molar-refractivity contribution < 1.29 is 9.90 Å². The Morgan fingerprint density at radius 3 is 1.85 bits per heavy atom. The van der Waals surface area contributed by atoms with Gasteiger partial charge in [-0.1, -0.05) is 83.8 Å². The quantitative estimate of drug-likeness (QED) is 0.213. The molecule has 0 aliphatic rings. The molecule has 2 atom stereocenters. The van der Waals surface area contributed by atoms with Crippen LogP contribution in [0.5, 0.6) is 0 Å². The van der Waals surface area contributed by atoms with Crippen molar-refractivity contribution >= 4 is 5.91 Å². The first kappa shape index (κ1) is 25.2. The van der Waals surface area contributed by atoms with E-state index < -0.39 is 0 Å². The molecular weight excluding hydrogens is 322 g/mol. The molecule has 0 radical (unpaired) electrons. The fraction of sp³-hybridized carbons (Fsp3) is 0.870. The first-order valence-electron chi connectivity index (χ1n) is 11.2. The van der Waals surface area contributed by atoms with Crippen LogP contribution >= 0.6 is 0 Å². The van der Waals surface area contributed by atoms with Gasteiger partial charge in [-0.15, -0.1) is 0 Å². The molecule has 0 spiro atoms. The van der Waals surface area contributed by atoms with Crippen LogP contribution in [0.1, 0.15) is 110 Å². The van der Waals surface area contributed by atoms with E-state index in [1.54, 1.807) is 0 Å². The standard InChI is InChI=1S/C23H45NO2/c1-3-5-6-7-8-9-10-11-12-13-14-15-16-17-19-22(23(24)26)21(20-25)18-4-2/h11-12,21-22,25H,3-10,13-20H2,1-2H3,(H2,24,26)/b12-11+. The molecule has 0 bridgehead atoms. The molecule has 0 aliphatic heterocycles. The highest BCUT2D eigenvalue weighted by Crippen LogP contribution is 2.23. The Labute approximate surface area is 162 Å². The Balaban J connectivity index is 3.61. The largest absolute Gasteiger partial charge is 0.396 e. The minimum absolute atomic E-state index is 0.0439.